The lowest BCUT2D eigenvalue weighted by Gasteiger charge is -2.33. The van der Waals surface area contributed by atoms with E-state index >= 15 is 0 Å². The van der Waals surface area contributed by atoms with E-state index in [0.717, 1.165) is 18.4 Å². The van der Waals surface area contributed by atoms with Crippen LogP contribution in [-0.4, -0.2) is 43.4 Å². The van der Waals surface area contributed by atoms with E-state index in [1.807, 2.05) is 45.0 Å². The average Bonchev–Trinajstić information content (AvgIpc) is 3.23. The third-order valence-electron chi connectivity index (χ3n) is 6.36. The van der Waals surface area contributed by atoms with Gasteiger partial charge in [-0.15, -0.1) is 0 Å². The van der Waals surface area contributed by atoms with Gasteiger partial charge in [0.25, 0.3) is 15.9 Å². The van der Waals surface area contributed by atoms with Gasteiger partial charge in [0, 0.05) is 25.6 Å². The van der Waals surface area contributed by atoms with Crippen molar-refractivity contribution in [3.8, 4) is 11.1 Å². The summed E-state index contributed by atoms with van der Waals surface area (Å²) in [5.41, 5.74) is 2.54. The van der Waals surface area contributed by atoms with E-state index in [9.17, 15) is 18.0 Å². The second-order valence-electron chi connectivity index (χ2n) is 9.64. The number of hydrogen-bond acceptors (Lipinski definition) is 6. The number of amides is 2. The molecule has 0 saturated carbocycles. The fraction of sp³-hybridized carbons (Fsp3) is 0.393. The molecule has 2 amide bonds. The van der Waals surface area contributed by atoms with Gasteiger partial charge in [0.1, 0.15) is 10.5 Å². The Hall–Kier alpha value is -3.18. The Morgan fingerprint density at radius 1 is 1.10 bits per heavy atom. The highest BCUT2D eigenvalue weighted by atomic mass is 79.9. The number of anilines is 1. The van der Waals surface area contributed by atoms with Gasteiger partial charge >= 0.3 is 0 Å². The summed E-state index contributed by atoms with van der Waals surface area (Å²) in [4.78, 5) is 27.6. The first-order valence-electron chi connectivity index (χ1n) is 12.8. The minimum atomic E-state index is -3.99. The molecule has 0 saturated heterocycles. The predicted molar refractivity (Wildman–Crippen MR) is 154 cm³/mol. The summed E-state index contributed by atoms with van der Waals surface area (Å²) in [6.07, 6.45) is 1.99. The van der Waals surface area contributed by atoms with Gasteiger partial charge in [-0.1, -0.05) is 74.8 Å². The van der Waals surface area contributed by atoms with E-state index in [4.69, 9.17) is 4.52 Å². The number of hydrogen-bond donors (Lipinski definition) is 2. The lowest BCUT2D eigenvalue weighted by atomic mass is 9.99. The van der Waals surface area contributed by atoms with Gasteiger partial charge in [0.2, 0.25) is 11.8 Å². The molecule has 1 unspecified atom stereocenters. The van der Waals surface area contributed by atoms with Crippen molar-refractivity contribution >= 4 is 43.7 Å². The van der Waals surface area contributed by atoms with Crippen LogP contribution in [0.5, 0.6) is 0 Å². The highest BCUT2D eigenvalue weighted by Gasteiger charge is 2.31. The van der Waals surface area contributed by atoms with Crippen LogP contribution in [0.4, 0.5) is 5.88 Å². The number of sulfonamides is 1. The van der Waals surface area contributed by atoms with Crippen molar-refractivity contribution in [3.05, 3.63) is 64.3 Å². The van der Waals surface area contributed by atoms with Crippen LogP contribution < -0.4 is 10.0 Å². The molecule has 0 aliphatic carbocycles. The molecule has 2 aromatic carbocycles. The summed E-state index contributed by atoms with van der Waals surface area (Å²) >= 11 is 3.29. The first kappa shape index (κ1) is 30.4. The third-order valence-corrected chi connectivity index (χ3v) is 8.68. The fourth-order valence-corrected chi connectivity index (χ4v) is 5.89. The summed E-state index contributed by atoms with van der Waals surface area (Å²) in [5, 5.41) is 6.46. The van der Waals surface area contributed by atoms with Gasteiger partial charge in [-0.25, -0.2) is 13.1 Å². The zero-order valence-electron chi connectivity index (χ0n) is 22.8. The molecule has 39 heavy (non-hydrogen) atoms. The van der Waals surface area contributed by atoms with Gasteiger partial charge in [0.15, 0.2) is 0 Å². The number of carbonyl (C=O) groups excluding carboxylic acids is 2. The second-order valence-corrected chi connectivity index (χ2v) is 12.1. The number of likely N-dealkylation sites (N-methyl/N-ethyl adjacent to an activating group) is 1. The van der Waals surface area contributed by atoms with Crippen LogP contribution in [0, 0.1) is 12.8 Å². The average molecular weight is 620 g/mol. The molecule has 210 valence electrons. The first-order valence-corrected chi connectivity index (χ1v) is 15.1. The van der Waals surface area contributed by atoms with Crippen LogP contribution in [0.15, 0.2) is 62.4 Å². The van der Waals surface area contributed by atoms with Crippen molar-refractivity contribution in [2.24, 2.45) is 5.92 Å². The summed E-state index contributed by atoms with van der Waals surface area (Å²) < 4.78 is 34.5. The van der Waals surface area contributed by atoms with Gasteiger partial charge < -0.3 is 14.7 Å². The molecule has 0 radical (unpaired) electrons. The number of nitrogens with one attached hydrogen (secondary N) is 2. The molecule has 0 spiro atoms. The molecule has 1 heterocycles. The monoisotopic (exact) mass is 618 g/mol. The zero-order chi connectivity index (χ0) is 28.7. The van der Waals surface area contributed by atoms with E-state index in [2.05, 4.69) is 31.1 Å². The number of halogens is 1. The van der Waals surface area contributed by atoms with Gasteiger partial charge in [-0.3, -0.25) is 9.59 Å². The SMILES string of the molecule is CCCCC(=O)N(Cc1ccc(-c2ccccc2S(=O)(=O)Nc2onc(C)c2Br)cc1)C(C(=O)NC)C(C)C. The molecular formula is C28H35BrN4O5S. The van der Waals surface area contributed by atoms with Crippen molar-refractivity contribution in [2.45, 2.75) is 64.4 Å². The minimum absolute atomic E-state index is 0.00121. The van der Waals surface area contributed by atoms with Gasteiger partial charge in [-0.2, -0.15) is 0 Å². The number of unbranched alkanes of at least 4 members (excludes halogenated alkanes) is 1. The number of rotatable bonds is 12. The molecular weight excluding hydrogens is 584 g/mol. The Bertz CT molecular complexity index is 1400. The minimum Gasteiger partial charge on any atom is -0.357 e. The number of nitrogens with zero attached hydrogens (tertiary/aromatic N) is 2. The molecule has 9 nitrogen and oxygen atoms in total. The number of benzene rings is 2. The van der Waals surface area contributed by atoms with E-state index in [-0.39, 0.29) is 35.1 Å². The predicted octanol–water partition coefficient (Wildman–Crippen LogP) is 5.50. The summed E-state index contributed by atoms with van der Waals surface area (Å²) in [5.74, 6) is -0.347. The summed E-state index contributed by atoms with van der Waals surface area (Å²) in [7, 11) is -2.42. The maximum Gasteiger partial charge on any atom is 0.264 e. The van der Waals surface area contributed by atoms with Gasteiger partial charge in [-0.05, 0) is 52.4 Å². The van der Waals surface area contributed by atoms with Crippen LogP contribution >= 0.6 is 15.9 Å². The van der Waals surface area contributed by atoms with Crippen LogP contribution in [-0.2, 0) is 26.2 Å². The zero-order valence-corrected chi connectivity index (χ0v) is 25.2. The molecule has 1 aromatic heterocycles. The van der Waals surface area contributed by atoms with Crippen molar-refractivity contribution in [3.63, 3.8) is 0 Å². The van der Waals surface area contributed by atoms with Crippen LogP contribution in [0.1, 0.15) is 51.3 Å². The molecule has 0 bridgehead atoms. The largest absolute Gasteiger partial charge is 0.357 e. The van der Waals surface area contributed by atoms with Crippen molar-refractivity contribution in [1.29, 1.82) is 0 Å². The third kappa shape index (κ3) is 7.27. The first-order chi connectivity index (χ1) is 18.5. The number of carbonyl (C=O) groups is 2. The van der Waals surface area contributed by atoms with Crippen molar-refractivity contribution in [1.82, 2.24) is 15.4 Å². The van der Waals surface area contributed by atoms with Gasteiger partial charge in [0.05, 0.1) is 10.6 Å². The standard InChI is InChI=1S/C28H35BrN4O5S/c1-6-7-12-24(34)33(26(18(2)3)27(35)30-5)17-20-13-15-21(16-14-20)22-10-8-9-11-23(22)39(36,37)32-28-25(29)19(4)31-38-28/h8-11,13-16,18,26,32H,6-7,12,17H2,1-5H3,(H,30,35). The summed E-state index contributed by atoms with van der Waals surface area (Å²) in [6, 6.07) is 13.4. The lowest BCUT2D eigenvalue weighted by molar-refractivity contribution is -0.142. The Labute approximate surface area is 238 Å². The van der Waals surface area contributed by atoms with Crippen LogP contribution in [0.2, 0.25) is 0 Å². The Kier molecular flexibility index (Phi) is 10.3. The lowest BCUT2D eigenvalue weighted by Crippen LogP contribution is -2.51. The van der Waals surface area contributed by atoms with E-state index in [1.54, 1.807) is 37.1 Å². The Balaban J connectivity index is 1.91. The molecule has 0 aliphatic rings. The van der Waals surface area contributed by atoms with E-state index in [0.29, 0.717) is 27.7 Å². The van der Waals surface area contributed by atoms with Crippen LogP contribution in [0.3, 0.4) is 0 Å². The Morgan fingerprint density at radius 3 is 2.33 bits per heavy atom. The normalized spacial score (nSPS) is 12.3. The molecule has 3 aromatic rings. The van der Waals surface area contributed by atoms with Crippen molar-refractivity contribution < 1.29 is 22.5 Å². The number of aryl methyl sites for hydroxylation is 1. The van der Waals surface area contributed by atoms with Crippen LogP contribution in [0.25, 0.3) is 11.1 Å². The summed E-state index contributed by atoms with van der Waals surface area (Å²) in [6.45, 7) is 7.82. The Morgan fingerprint density at radius 2 is 1.77 bits per heavy atom. The molecule has 1 atom stereocenters. The molecule has 11 heteroatoms. The maximum absolute atomic E-state index is 13.3. The molecule has 3 rings (SSSR count). The number of aromatic nitrogens is 1. The fourth-order valence-electron chi connectivity index (χ4n) is 4.29. The molecule has 0 aliphatic heterocycles. The topological polar surface area (TPSA) is 122 Å². The molecule has 0 fully saturated rings. The van der Waals surface area contributed by atoms with E-state index in [1.165, 1.54) is 6.07 Å². The van der Waals surface area contributed by atoms with E-state index < -0.39 is 16.1 Å². The molecule has 2 N–H and O–H groups in total. The maximum atomic E-state index is 13.3. The van der Waals surface area contributed by atoms with Crippen molar-refractivity contribution in [2.75, 3.05) is 11.8 Å². The highest BCUT2D eigenvalue weighted by Crippen LogP contribution is 2.32. The second kappa shape index (κ2) is 13.3. The smallest absolute Gasteiger partial charge is 0.264 e. The highest BCUT2D eigenvalue weighted by molar-refractivity contribution is 9.10. The quantitative estimate of drug-likeness (QED) is 0.276.